The van der Waals surface area contributed by atoms with E-state index in [0.29, 0.717) is 0 Å². The fraction of sp³-hybridized carbons (Fsp3) is 0.333. The van der Waals surface area contributed by atoms with Gasteiger partial charge in [-0.1, -0.05) is 75.5 Å². The quantitative estimate of drug-likeness (QED) is 0.388. The van der Waals surface area contributed by atoms with Crippen LogP contribution in [0.3, 0.4) is 0 Å². The van der Waals surface area contributed by atoms with Gasteiger partial charge in [-0.05, 0) is 25.8 Å². The molecular weight excluding hydrogens is 216 g/mol. The van der Waals surface area contributed by atoms with E-state index in [1.165, 1.54) is 17.6 Å². The number of rotatable bonds is 5. The van der Waals surface area contributed by atoms with Gasteiger partial charge in [0, 0.05) is 0 Å². The Morgan fingerprint density at radius 3 is 1.89 bits per heavy atom. The Labute approximate surface area is 115 Å². The molecule has 0 heteroatoms. The van der Waals surface area contributed by atoms with E-state index in [9.17, 15) is 0 Å². The van der Waals surface area contributed by atoms with E-state index >= 15 is 0 Å². The SMILES string of the molecule is C=C.C=C/C=C(\C)C/C(C=C)=C/C=C\C.CCC. The van der Waals surface area contributed by atoms with Crippen molar-refractivity contribution in [2.45, 2.75) is 40.5 Å². The molecule has 0 saturated heterocycles. The topological polar surface area (TPSA) is 0 Å². The van der Waals surface area contributed by atoms with E-state index in [-0.39, 0.29) is 0 Å². The van der Waals surface area contributed by atoms with Crippen molar-refractivity contribution in [3.63, 3.8) is 0 Å². The van der Waals surface area contributed by atoms with Crippen LogP contribution in [0.25, 0.3) is 0 Å². The van der Waals surface area contributed by atoms with E-state index in [1.54, 1.807) is 0 Å². The van der Waals surface area contributed by atoms with Crippen molar-refractivity contribution < 1.29 is 0 Å². The molecule has 0 N–H and O–H groups in total. The molecule has 0 heterocycles. The van der Waals surface area contributed by atoms with E-state index in [0.717, 1.165) is 6.42 Å². The van der Waals surface area contributed by atoms with Crippen molar-refractivity contribution in [3.8, 4) is 0 Å². The molecule has 18 heavy (non-hydrogen) atoms. The summed E-state index contributed by atoms with van der Waals surface area (Å²) in [7, 11) is 0. The first-order chi connectivity index (χ1) is 8.65. The Kier molecular flexibility index (Phi) is 25.1. The van der Waals surface area contributed by atoms with E-state index in [1.807, 2.05) is 37.3 Å². The van der Waals surface area contributed by atoms with Crippen LogP contribution in [0.4, 0.5) is 0 Å². The van der Waals surface area contributed by atoms with E-state index < -0.39 is 0 Å². The lowest BCUT2D eigenvalue weighted by atomic mass is 10.1. The summed E-state index contributed by atoms with van der Waals surface area (Å²) in [5, 5.41) is 0. The van der Waals surface area contributed by atoms with Gasteiger partial charge in [0.05, 0.1) is 0 Å². The third-order valence-electron chi connectivity index (χ3n) is 1.65. The van der Waals surface area contributed by atoms with Crippen molar-refractivity contribution in [2.75, 3.05) is 0 Å². The van der Waals surface area contributed by atoms with Crippen molar-refractivity contribution >= 4 is 0 Å². The molecular formula is C18H30. The van der Waals surface area contributed by atoms with Gasteiger partial charge in [-0.25, -0.2) is 0 Å². The van der Waals surface area contributed by atoms with Crippen LogP contribution >= 0.6 is 0 Å². The first kappa shape index (κ1) is 21.7. The summed E-state index contributed by atoms with van der Waals surface area (Å²) in [4.78, 5) is 0. The summed E-state index contributed by atoms with van der Waals surface area (Å²) >= 11 is 0. The summed E-state index contributed by atoms with van der Waals surface area (Å²) in [5.41, 5.74) is 2.53. The van der Waals surface area contributed by atoms with Crippen molar-refractivity contribution in [1.82, 2.24) is 0 Å². The Morgan fingerprint density at radius 1 is 1.06 bits per heavy atom. The molecule has 0 aliphatic rings. The molecule has 0 aromatic carbocycles. The van der Waals surface area contributed by atoms with Gasteiger partial charge in [-0.3, -0.25) is 0 Å². The van der Waals surface area contributed by atoms with Crippen LogP contribution in [0.1, 0.15) is 40.5 Å². The summed E-state index contributed by atoms with van der Waals surface area (Å²) in [6.07, 6.45) is 14.0. The highest BCUT2D eigenvalue weighted by Crippen LogP contribution is 2.11. The van der Waals surface area contributed by atoms with Gasteiger partial charge in [0.15, 0.2) is 0 Å². The lowest BCUT2D eigenvalue weighted by molar-refractivity contribution is 1.09. The number of allylic oxidation sites excluding steroid dienone is 8. The molecule has 0 aliphatic carbocycles. The molecule has 102 valence electrons. The predicted molar refractivity (Wildman–Crippen MR) is 88.9 cm³/mol. The Bertz CT molecular complexity index is 274. The lowest BCUT2D eigenvalue weighted by Gasteiger charge is -2.00. The number of hydrogen-bond acceptors (Lipinski definition) is 0. The molecule has 0 bridgehead atoms. The Hall–Kier alpha value is -1.56. The molecule has 0 aliphatic heterocycles. The summed E-state index contributed by atoms with van der Waals surface area (Å²) < 4.78 is 0. The Morgan fingerprint density at radius 2 is 1.56 bits per heavy atom. The average molecular weight is 246 g/mol. The largest absolute Gasteiger partial charge is 0.106 e. The molecule has 0 rings (SSSR count). The lowest BCUT2D eigenvalue weighted by Crippen LogP contribution is -1.80. The van der Waals surface area contributed by atoms with Gasteiger partial charge < -0.3 is 0 Å². The molecule has 0 fully saturated rings. The molecule has 0 amide bonds. The van der Waals surface area contributed by atoms with Crippen molar-refractivity contribution in [2.24, 2.45) is 0 Å². The van der Waals surface area contributed by atoms with Crippen LogP contribution in [-0.4, -0.2) is 0 Å². The highest BCUT2D eigenvalue weighted by Gasteiger charge is 1.91. The zero-order valence-electron chi connectivity index (χ0n) is 12.7. The second-order valence-electron chi connectivity index (χ2n) is 3.60. The number of hydrogen-bond donors (Lipinski definition) is 0. The van der Waals surface area contributed by atoms with Gasteiger partial charge in [-0.2, -0.15) is 0 Å². The highest BCUT2D eigenvalue weighted by atomic mass is 14.0. The molecule has 0 nitrogen and oxygen atoms in total. The van der Waals surface area contributed by atoms with Gasteiger partial charge in [0.2, 0.25) is 0 Å². The Balaban J connectivity index is -0.000000389. The second kappa shape index (κ2) is 20.8. The minimum absolute atomic E-state index is 0.944. The molecule has 0 spiro atoms. The molecule has 0 aromatic rings. The van der Waals surface area contributed by atoms with E-state index in [4.69, 9.17) is 0 Å². The molecule has 0 atom stereocenters. The molecule has 0 radical (unpaired) electrons. The maximum Gasteiger partial charge on any atom is -0.00670 e. The second-order valence-corrected chi connectivity index (χ2v) is 3.60. The van der Waals surface area contributed by atoms with Gasteiger partial charge in [0.25, 0.3) is 0 Å². The van der Waals surface area contributed by atoms with Crippen molar-refractivity contribution in [3.05, 3.63) is 73.9 Å². The normalized spacial score (nSPS) is 10.9. The van der Waals surface area contributed by atoms with Gasteiger partial charge in [0.1, 0.15) is 0 Å². The highest BCUT2D eigenvalue weighted by molar-refractivity contribution is 5.27. The maximum absolute atomic E-state index is 3.77. The van der Waals surface area contributed by atoms with Crippen molar-refractivity contribution in [1.29, 1.82) is 0 Å². The average Bonchev–Trinajstić information content (AvgIpc) is 2.38. The standard InChI is InChI=1S/C13H18.C3H8.C2H4/c1-5-8-10-13(7-3)11-12(4)9-6-2;1-3-2;1-2/h5-10H,2-3,11H2,1,4H3;3H2,1-2H3;1-2H2/b8-5-,12-9+,13-10+;;. The van der Waals surface area contributed by atoms with Gasteiger partial charge >= 0.3 is 0 Å². The minimum atomic E-state index is 0.944. The third-order valence-corrected chi connectivity index (χ3v) is 1.65. The molecule has 0 aromatic heterocycles. The van der Waals surface area contributed by atoms with E-state index in [2.05, 4.69) is 53.2 Å². The predicted octanol–water partition coefficient (Wildman–Crippen LogP) is 6.42. The molecule has 0 saturated carbocycles. The summed E-state index contributed by atoms with van der Waals surface area (Å²) in [6, 6.07) is 0. The molecule has 0 unspecified atom stereocenters. The maximum atomic E-state index is 3.77. The smallest absolute Gasteiger partial charge is 0.00670 e. The first-order valence-corrected chi connectivity index (χ1v) is 6.38. The monoisotopic (exact) mass is 246 g/mol. The summed E-state index contributed by atoms with van der Waals surface area (Å²) in [6.45, 7) is 21.8. The van der Waals surface area contributed by atoms with Crippen LogP contribution < -0.4 is 0 Å². The van der Waals surface area contributed by atoms with Crippen LogP contribution in [0.2, 0.25) is 0 Å². The summed E-state index contributed by atoms with van der Waals surface area (Å²) in [5.74, 6) is 0. The van der Waals surface area contributed by atoms with Crippen LogP contribution in [0, 0.1) is 0 Å². The zero-order valence-corrected chi connectivity index (χ0v) is 12.7. The fourth-order valence-corrected chi connectivity index (χ4v) is 1.00. The van der Waals surface area contributed by atoms with Crippen LogP contribution in [-0.2, 0) is 0 Å². The van der Waals surface area contributed by atoms with Crippen LogP contribution in [0.5, 0.6) is 0 Å². The first-order valence-electron chi connectivity index (χ1n) is 6.38. The van der Waals surface area contributed by atoms with Gasteiger partial charge in [-0.15, -0.1) is 13.2 Å². The van der Waals surface area contributed by atoms with Crippen LogP contribution in [0.15, 0.2) is 73.9 Å². The third kappa shape index (κ3) is 19.9. The fourth-order valence-electron chi connectivity index (χ4n) is 1.00. The zero-order chi connectivity index (χ0) is 14.8. The minimum Gasteiger partial charge on any atom is -0.106 e.